The molecule has 0 aliphatic rings. The lowest BCUT2D eigenvalue weighted by atomic mass is 10.0. The van der Waals surface area contributed by atoms with E-state index < -0.39 is 0 Å². The normalized spacial score (nSPS) is 13.0. The van der Waals surface area contributed by atoms with Gasteiger partial charge < -0.3 is 11.1 Å². The van der Waals surface area contributed by atoms with Crippen LogP contribution in [0.5, 0.6) is 0 Å². The van der Waals surface area contributed by atoms with E-state index in [1.54, 1.807) is 6.20 Å². The van der Waals surface area contributed by atoms with Crippen LogP contribution in [-0.2, 0) is 6.54 Å². The highest BCUT2D eigenvalue weighted by Gasteiger charge is 2.14. The van der Waals surface area contributed by atoms with Crippen LogP contribution in [-0.4, -0.2) is 22.4 Å². The summed E-state index contributed by atoms with van der Waals surface area (Å²) in [6.45, 7) is 9.37. The van der Waals surface area contributed by atoms with E-state index >= 15 is 0 Å². The molecular weight excluding hydrogens is 276 g/mol. The fourth-order valence-electron chi connectivity index (χ4n) is 2.04. The van der Waals surface area contributed by atoms with Crippen LogP contribution >= 0.6 is 11.6 Å². The lowest BCUT2D eigenvalue weighted by Gasteiger charge is -2.20. The average Bonchev–Trinajstić information content (AvgIpc) is 2.36. The molecule has 1 atom stereocenters. The van der Waals surface area contributed by atoms with Crippen LogP contribution in [0.4, 0.5) is 5.69 Å². The number of rotatable bonds is 7. The predicted molar refractivity (Wildman–Crippen MR) is 84.3 cm³/mol. The number of anilines is 1. The molecule has 0 fully saturated rings. The second-order valence-corrected chi connectivity index (χ2v) is 6.34. The maximum atomic E-state index is 12.1. The highest BCUT2D eigenvalue weighted by Crippen LogP contribution is 2.18. The van der Waals surface area contributed by atoms with Crippen molar-refractivity contribution in [3.8, 4) is 0 Å². The Labute approximate surface area is 125 Å². The van der Waals surface area contributed by atoms with Crippen molar-refractivity contribution < 1.29 is 0 Å². The molecule has 1 aromatic heterocycles. The first kappa shape index (κ1) is 17.0. The number of hydrogen-bond acceptors (Lipinski definition) is 4. The smallest absolute Gasteiger partial charge is 0.287 e. The van der Waals surface area contributed by atoms with Crippen LogP contribution in [0.3, 0.4) is 0 Å². The van der Waals surface area contributed by atoms with E-state index in [1.807, 2.05) is 13.8 Å². The first-order valence-corrected chi connectivity index (χ1v) is 7.45. The van der Waals surface area contributed by atoms with E-state index in [1.165, 1.54) is 4.68 Å². The van der Waals surface area contributed by atoms with E-state index in [0.29, 0.717) is 30.6 Å². The number of nitrogens with zero attached hydrogens (tertiary/aromatic N) is 2. The number of aromatic nitrogens is 2. The first-order valence-electron chi connectivity index (χ1n) is 7.07. The number of hydrogen-bond donors (Lipinski definition) is 2. The maximum absolute atomic E-state index is 12.1. The van der Waals surface area contributed by atoms with Crippen molar-refractivity contribution in [1.82, 2.24) is 9.78 Å². The van der Waals surface area contributed by atoms with Gasteiger partial charge in [-0.05, 0) is 18.3 Å². The summed E-state index contributed by atoms with van der Waals surface area (Å²) >= 11 is 6.14. The van der Waals surface area contributed by atoms with Gasteiger partial charge in [0.05, 0.1) is 11.9 Å². The largest absolute Gasteiger partial charge is 0.378 e. The molecule has 5 nitrogen and oxygen atoms in total. The molecular formula is C14H25ClN4O. The number of nitrogens with two attached hydrogens (primary N) is 1. The summed E-state index contributed by atoms with van der Waals surface area (Å²) in [5.41, 5.74) is 6.05. The van der Waals surface area contributed by atoms with E-state index in [0.717, 1.165) is 6.42 Å². The van der Waals surface area contributed by atoms with Gasteiger partial charge in [-0.3, -0.25) is 4.79 Å². The highest BCUT2D eigenvalue weighted by molar-refractivity contribution is 6.32. The molecule has 0 saturated carbocycles. The molecule has 0 bridgehead atoms. The summed E-state index contributed by atoms with van der Waals surface area (Å²) in [7, 11) is 0. The zero-order valence-electron chi connectivity index (χ0n) is 12.7. The van der Waals surface area contributed by atoms with Crippen molar-refractivity contribution in [3.05, 3.63) is 21.6 Å². The van der Waals surface area contributed by atoms with Crippen molar-refractivity contribution in [2.45, 2.75) is 46.7 Å². The van der Waals surface area contributed by atoms with Crippen molar-refractivity contribution in [2.75, 3.05) is 11.9 Å². The third kappa shape index (κ3) is 4.80. The van der Waals surface area contributed by atoms with Crippen molar-refractivity contribution >= 4 is 17.3 Å². The van der Waals surface area contributed by atoms with Gasteiger partial charge in [0.1, 0.15) is 5.02 Å². The van der Waals surface area contributed by atoms with Gasteiger partial charge in [0, 0.05) is 19.1 Å². The van der Waals surface area contributed by atoms with Gasteiger partial charge in [-0.2, -0.15) is 5.10 Å². The van der Waals surface area contributed by atoms with E-state index in [2.05, 4.69) is 24.3 Å². The molecule has 0 spiro atoms. The Kier molecular flexibility index (Phi) is 6.49. The Hall–Kier alpha value is -1.07. The maximum Gasteiger partial charge on any atom is 0.287 e. The van der Waals surface area contributed by atoms with E-state index in [9.17, 15) is 4.79 Å². The lowest BCUT2D eigenvalue weighted by Crippen LogP contribution is -2.32. The molecule has 0 aromatic carbocycles. The van der Waals surface area contributed by atoms with Crippen LogP contribution in [0, 0.1) is 11.8 Å². The Morgan fingerprint density at radius 2 is 2.00 bits per heavy atom. The summed E-state index contributed by atoms with van der Waals surface area (Å²) < 4.78 is 1.40. The highest BCUT2D eigenvalue weighted by atomic mass is 35.5. The Morgan fingerprint density at radius 3 is 2.50 bits per heavy atom. The fourth-order valence-corrected chi connectivity index (χ4v) is 2.25. The van der Waals surface area contributed by atoms with Crippen molar-refractivity contribution in [3.63, 3.8) is 0 Å². The van der Waals surface area contributed by atoms with Crippen molar-refractivity contribution in [1.29, 1.82) is 0 Å². The molecule has 1 rings (SSSR count). The molecule has 0 aliphatic carbocycles. The molecule has 1 unspecified atom stereocenters. The fraction of sp³-hybridized carbons (Fsp3) is 0.714. The molecule has 0 aliphatic heterocycles. The summed E-state index contributed by atoms with van der Waals surface area (Å²) in [5, 5.41) is 7.56. The second kappa shape index (κ2) is 7.64. The van der Waals surface area contributed by atoms with Crippen LogP contribution in [0.2, 0.25) is 5.02 Å². The van der Waals surface area contributed by atoms with Gasteiger partial charge in [0.2, 0.25) is 0 Å². The number of nitrogens with one attached hydrogen (secondary N) is 1. The minimum atomic E-state index is -0.259. The molecule has 0 amide bonds. The summed E-state index contributed by atoms with van der Waals surface area (Å²) in [6, 6.07) is 0.0923. The molecule has 20 heavy (non-hydrogen) atoms. The topological polar surface area (TPSA) is 72.9 Å². The number of halogens is 1. The van der Waals surface area contributed by atoms with Gasteiger partial charge >= 0.3 is 0 Å². The third-order valence-corrected chi connectivity index (χ3v) is 3.29. The average molecular weight is 301 g/mol. The first-order chi connectivity index (χ1) is 9.35. The zero-order chi connectivity index (χ0) is 15.3. The Balaban J connectivity index is 2.92. The molecule has 0 saturated heterocycles. The minimum absolute atomic E-state index is 0.0923. The van der Waals surface area contributed by atoms with Gasteiger partial charge in [-0.1, -0.05) is 39.3 Å². The van der Waals surface area contributed by atoms with Crippen LogP contribution in [0.15, 0.2) is 11.0 Å². The Bertz CT molecular complexity index is 485. The molecule has 114 valence electrons. The van der Waals surface area contributed by atoms with E-state index in [-0.39, 0.29) is 16.6 Å². The quantitative estimate of drug-likeness (QED) is 0.810. The van der Waals surface area contributed by atoms with Gasteiger partial charge in [-0.15, -0.1) is 0 Å². The summed E-state index contributed by atoms with van der Waals surface area (Å²) in [6.07, 6.45) is 2.52. The Morgan fingerprint density at radius 1 is 1.35 bits per heavy atom. The molecule has 1 aromatic rings. The van der Waals surface area contributed by atoms with Gasteiger partial charge in [0.25, 0.3) is 5.56 Å². The van der Waals surface area contributed by atoms with Crippen LogP contribution in [0.25, 0.3) is 0 Å². The zero-order valence-corrected chi connectivity index (χ0v) is 13.4. The van der Waals surface area contributed by atoms with Gasteiger partial charge in [-0.25, -0.2) is 4.68 Å². The van der Waals surface area contributed by atoms with E-state index in [4.69, 9.17) is 17.3 Å². The molecule has 1 heterocycles. The lowest BCUT2D eigenvalue weighted by molar-refractivity contribution is 0.463. The standard InChI is InChI=1S/C14H25ClN4O/c1-9(2)5-11(6-16)18-12-7-17-19(8-10(3)4)14(20)13(12)15/h7,9-11,18H,5-6,8,16H2,1-4H3. The van der Waals surface area contributed by atoms with Crippen molar-refractivity contribution in [2.24, 2.45) is 17.6 Å². The van der Waals surface area contributed by atoms with Crippen LogP contribution < -0.4 is 16.6 Å². The molecule has 0 radical (unpaired) electrons. The second-order valence-electron chi connectivity index (χ2n) is 5.96. The predicted octanol–water partition coefficient (Wildman–Crippen LogP) is 2.34. The molecule has 3 N–H and O–H groups in total. The monoisotopic (exact) mass is 300 g/mol. The van der Waals surface area contributed by atoms with Crippen LogP contribution in [0.1, 0.15) is 34.1 Å². The SMILES string of the molecule is CC(C)CC(CN)Nc1cnn(CC(C)C)c(=O)c1Cl. The van der Waals surface area contributed by atoms with Gasteiger partial charge in [0.15, 0.2) is 0 Å². The third-order valence-electron chi connectivity index (χ3n) is 2.92. The minimum Gasteiger partial charge on any atom is -0.378 e. The summed E-state index contributed by atoms with van der Waals surface area (Å²) in [5.74, 6) is 0.858. The summed E-state index contributed by atoms with van der Waals surface area (Å²) in [4.78, 5) is 12.1. The molecule has 6 heteroatoms.